The maximum absolute atomic E-state index is 12.2. The van der Waals surface area contributed by atoms with Crippen molar-refractivity contribution in [2.24, 2.45) is 0 Å². The Kier molecular flexibility index (Phi) is 14.9. The van der Waals surface area contributed by atoms with E-state index in [4.69, 9.17) is 42.6 Å². The predicted molar refractivity (Wildman–Crippen MR) is 184 cm³/mol. The van der Waals surface area contributed by atoms with Gasteiger partial charge in [0, 0.05) is 20.8 Å². The molecule has 0 aliphatic carbocycles. The maximum Gasteiger partial charge on any atom is 0.303 e. The second-order valence-corrected chi connectivity index (χ2v) is 12.7. The SMILES string of the molecule is CC(=O)OC[C@H]1O[C@H](O[C@@H]2[C@@H](OCc3ccccc3)[C@@H](O)O[C@H](COCc3ccccc3)[C@H]2OCc2ccccc2)[C@H](O)[C@@H](OC(C)=O)[C@H]1OC(C)=O. The molecule has 2 saturated heterocycles. The second-order valence-electron chi connectivity index (χ2n) is 12.7. The van der Waals surface area contributed by atoms with Crippen molar-refractivity contribution in [1.29, 1.82) is 0 Å². The molecule has 53 heavy (non-hydrogen) atoms. The standard InChI is InChI=1S/C39H46O14/c1-24(40)46-23-31-34(49-25(2)41)35(50-26(3)42)32(43)39(52-31)53-36-33(47-20-28-15-9-5-10-16-28)30(22-45-19-27-13-7-4-8-14-27)51-38(44)37(36)48-21-29-17-11-6-12-18-29/h4-18,30-39,43-44H,19-23H2,1-3H3/t30-,31-,32-,33-,34+,35-,36+,37-,38+,39-/m1/s1. The summed E-state index contributed by atoms with van der Waals surface area (Å²) < 4.78 is 53.6. The van der Waals surface area contributed by atoms with Crippen LogP contribution in [0.2, 0.25) is 0 Å². The monoisotopic (exact) mass is 738 g/mol. The molecule has 14 heteroatoms. The maximum atomic E-state index is 12.2. The lowest BCUT2D eigenvalue weighted by Gasteiger charge is -2.48. The van der Waals surface area contributed by atoms with Crippen LogP contribution in [0.25, 0.3) is 0 Å². The minimum atomic E-state index is -1.74. The molecule has 2 aliphatic rings. The van der Waals surface area contributed by atoms with E-state index in [2.05, 4.69) is 0 Å². The summed E-state index contributed by atoms with van der Waals surface area (Å²) >= 11 is 0. The van der Waals surface area contributed by atoms with Crippen LogP contribution >= 0.6 is 0 Å². The molecule has 0 aromatic heterocycles. The van der Waals surface area contributed by atoms with Gasteiger partial charge >= 0.3 is 17.9 Å². The van der Waals surface area contributed by atoms with E-state index in [1.165, 1.54) is 6.92 Å². The van der Waals surface area contributed by atoms with Gasteiger partial charge in [0.15, 0.2) is 24.8 Å². The van der Waals surface area contributed by atoms with Crippen LogP contribution in [0.15, 0.2) is 91.0 Å². The highest BCUT2D eigenvalue weighted by atomic mass is 16.7. The molecule has 0 radical (unpaired) electrons. The van der Waals surface area contributed by atoms with Crippen molar-refractivity contribution in [2.75, 3.05) is 13.2 Å². The lowest BCUT2D eigenvalue weighted by Crippen LogP contribution is -2.66. The molecule has 286 valence electrons. The lowest BCUT2D eigenvalue weighted by atomic mass is 9.96. The van der Waals surface area contributed by atoms with Crippen LogP contribution in [0.3, 0.4) is 0 Å². The zero-order valence-electron chi connectivity index (χ0n) is 29.8. The molecule has 0 saturated carbocycles. The molecular formula is C39H46O14. The van der Waals surface area contributed by atoms with Gasteiger partial charge in [-0.25, -0.2) is 0 Å². The topological polar surface area (TPSA) is 175 Å². The molecule has 10 atom stereocenters. The second kappa shape index (κ2) is 19.7. The van der Waals surface area contributed by atoms with Gasteiger partial charge in [0.2, 0.25) is 0 Å². The zero-order valence-corrected chi connectivity index (χ0v) is 29.8. The lowest BCUT2D eigenvalue weighted by molar-refractivity contribution is -0.366. The molecular weight excluding hydrogens is 692 g/mol. The van der Waals surface area contributed by atoms with Gasteiger partial charge in [-0.3, -0.25) is 14.4 Å². The molecule has 2 N–H and O–H groups in total. The molecule has 0 spiro atoms. The smallest absolute Gasteiger partial charge is 0.303 e. The Hall–Kier alpha value is -4.25. The van der Waals surface area contributed by atoms with Crippen molar-refractivity contribution in [1.82, 2.24) is 0 Å². The van der Waals surface area contributed by atoms with E-state index in [0.717, 1.165) is 30.5 Å². The van der Waals surface area contributed by atoms with E-state index >= 15 is 0 Å². The van der Waals surface area contributed by atoms with Crippen molar-refractivity contribution in [3.63, 3.8) is 0 Å². The highest BCUT2D eigenvalue weighted by Gasteiger charge is 2.54. The van der Waals surface area contributed by atoms with E-state index in [9.17, 15) is 24.6 Å². The number of ether oxygens (including phenoxy) is 9. The Morgan fingerprint density at radius 3 is 1.58 bits per heavy atom. The number of hydrogen-bond donors (Lipinski definition) is 2. The Balaban J connectivity index is 1.48. The van der Waals surface area contributed by atoms with Gasteiger partial charge < -0.3 is 52.8 Å². The van der Waals surface area contributed by atoms with Crippen LogP contribution in [-0.2, 0) is 76.8 Å². The van der Waals surface area contributed by atoms with Gasteiger partial charge in [-0.15, -0.1) is 0 Å². The predicted octanol–water partition coefficient (Wildman–Crippen LogP) is 2.99. The fourth-order valence-electron chi connectivity index (χ4n) is 6.12. The average molecular weight is 739 g/mol. The minimum Gasteiger partial charge on any atom is -0.463 e. The number of rotatable bonds is 16. The fraction of sp³-hybridized carbons (Fsp3) is 0.462. The van der Waals surface area contributed by atoms with Crippen LogP contribution in [0.1, 0.15) is 37.5 Å². The summed E-state index contributed by atoms with van der Waals surface area (Å²) in [7, 11) is 0. The molecule has 2 heterocycles. The third-order valence-corrected chi connectivity index (χ3v) is 8.53. The van der Waals surface area contributed by atoms with Gasteiger partial charge in [0.1, 0.15) is 43.2 Å². The Labute approximate surface area is 307 Å². The fourth-order valence-corrected chi connectivity index (χ4v) is 6.12. The zero-order chi connectivity index (χ0) is 37.7. The van der Waals surface area contributed by atoms with Crippen molar-refractivity contribution in [3.8, 4) is 0 Å². The van der Waals surface area contributed by atoms with Crippen LogP contribution in [0.5, 0.6) is 0 Å². The number of carbonyl (C=O) groups excluding carboxylic acids is 3. The van der Waals surface area contributed by atoms with E-state index in [0.29, 0.717) is 0 Å². The Morgan fingerprint density at radius 1 is 0.566 bits per heavy atom. The first-order valence-electron chi connectivity index (χ1n) is 17.3. The molecule has 3 aromatic carbocycles. The largest absolute Gasteiger partial charge is 0.463 e. The van der Waals surface area contributed by atoms with Crippen LogP contribution in [0.4, 0.5) is 0 Å². The third-order valence-electron chi connectivity index (χ3n) is 8.53. The van der Waals surface area contributed by atoms with E-state index in [1.54, 1.807) is 0 Å². The van der Waals surface area contributed by atoms with Gasteiger partial charge in [-0.1, -0.05) is 91.0 Å². The Bertz CT molecular complexity index is 1570. The summed E-state index contributed by atoms with van der Waals surface area (Å²) in [5, 5.41) is 23.1. The highest BCUT2D eigenvalue weighted by molar-refractivity contribution is 5.68. The van der Waals surface area contributed by atoms with Crippen LogP contribution in [-0.4, -0.2) is 103 Å². The first kappa shape index (κ1) is 39.9. The first-order valence-corrected chi connectivity index (χ1v) is 17.3. The van der Waals surface area contributed by atoms with E-state index < -0.39 is 85.9 Å². The number of esters is 3. The number of benzene rings is 3. The molecule has 3 aromatic rings. The number of hydrogen-bond acceptors (Lipinski definition) is 14. The normalized spacial score (nSPS) is 28.5. The molecule has 0 amide bonds. The number of aliphatic hydroxyl groups excluding tert-OH is 2. The molecule has 0 bridgehead atoms. The van der Waals surface area contributed by atoms with Gasteiger partial charge in [0.25, 0.3) is 0 Å². The first-order chi connectivity index (χ1) is 25.6. The minimum absolute atomic E-state index is 0.0373. The summed E-state index contributed by atoms with van der Waals surface area (Å²) in [6.07, 6.45) is -13.4. The van der Waals surface area contributed by atoms with E-state index in [1.807, 2.05) is 91.0 Å². The van der Waals surface area contributed by atoms with Crippen molar-refractivity contribution in [2.45, 2.75) is 102 Å². The summed E-state index contributed by atoms with van der Waals surface area (Å²) in [5.41, 5.74) is 2.54. The third kappa shape index (κ3) is 11.6. The number of aliphatic hydroxyl groups is 2. The molecule has 14 nitrogen and oxygen atoms in total. The van der Waals surface area contributed by atoms with E-state index in [-0.39, 0.29) is 26.4 Å². The Morgan fingerprint density at radius 2 is 1.06 bits per heavy atom. The average Bonchev–Trinajstić information content (AvgIpc) is 3.14. The summed E-state index contributed by atoms with van der Waals surface area (Å²) in [4.78, 5) is 36.2. The van der Waals surface area contributed by atoms with Gasteiger partial charge in [-0.05, 0) is 16.7 Å². The van der Waals surface area contributed by atoms with Crippen molar-refractivity contribution in [3.05, 3.63) is 108 Å². The summed E-state index contributed by atoms with van der Waals surface area (Å²) in [6, 6.07) is 28.1. The highest BCUT2D eigenvalue weighted by Crippen LogP contribution is 2.34. The van der Waals surface area contributed by atoms with Crippen molar-refractivity contribution >= 4 is 17.9 Å². The van der Waals surface area contributed by atoms with Crippen LogP contribution in [0, 0.1) is 0 Å². The van der Waals surface area contributed by atoms with Crippen molar-refractivity contribution < 1.29 is 67.2 Å². The van der Waals surface area contributed by atoms with Gasteiger partial charge in [0.05, 0.1) is 26.4 Å². The number of carbonyl (C=O) groups is 3. The quantitative estimate of drug-likeness (QED) is 0.162. The molecule has 2 fully saturated rings. The molecule has 2 aliphatic heterocycles. The van der Waals surface area contributed by atoms with Gasteiger partial charge in [-0.2, -0.15) is 0 Å². The molecule has 5 rings (SSSR count). The summed E-state index contributed by atoms with van der Waals surface area (Å²) in [5.74, 6) is -2.20. The van der Waals surface area contributed by atoms with Crippen LogP contribution < -0.4 is 0 Å². The summed E-state index contributed by atoms with van der Waals surface area (Å²) in [6.45, 7) is 3.35. The molecule has 0 unspecified atom stereocenters.